The average molecular weight is 267 g/mol. The van der Waals surface area contributed by atoms with Gasteiger partial charge in [0, 0.05) is 25.2 Å². The van der Waals surface area contributed by atoms with E-state index in [0.29, 0.717) is 12.0 Å². The summed E-state index contributed by atoms with van der Waals surface area (Å²) in [6, 6.07) is 2.42. The Morgan fingerprint density at radius 2 is 2.16 bits per heavy atom. The summed E-state index contributed by atoms with van der Waals surface area (Å²) in [5.41, 5.74) is 1.05. The molecule has 0 amide bonds. The van der Waals surface area contributed by atoms with Gasteiger partial charge >= 0.3 is 5.97 Å². The molecule has 0 radical (unpaired) electrons. The van der Waals surface area contributed by atoms with Gasteiger partial charge in [-0.1, -0.05) is 6.92 Å². The van der Waals surface area contributed by atoms with Crippen molar-refractivity contribution >= 4 is 5.97 Å². The van der Waals surface area contributed by atoms with Gasteiger partial charge in [-0.25, -0.2) is 0 Å². The van der Waals surface area contributed by atoms with Crippen LogP contribution in [0.1, 0.15) is 51.8 Å². The summed E-state index contributed by atoms with van der Waals surface area (Å²) in [4.78, 5) is 10.4. The smallest absolute Gasteiger partial charge is 0.303 e. The Bertz CT molecular complexity index is 388. The number of carboxylic acids is 1. The summed E-state index contributed by atoms with van der Waals surface area (Å²) in [5, 5.41) is 16.4. The highest BCUT2D eigenvalue weighted by atomic mass is 16.4. The number of hydrogen-bond donors (Lipinski definition) is 2. The summed E-state index contributed by atoms with van der Waals surface area (Å²) < 4.78 is 1.95. The molecular weight excluding hydrogens is 242 g/mol. The van der Waals surface area contributed by atoms with Crippen molar-refractivity contribution in [3.05, 3.63) is 18.0 Å². The number of nitrogens with zero attached hydrogens (tertiary/aromatic N) is 2. The molecule has 0 aliphatic rings. The molecule has 1 heterocycles. The van der Waals surface area contributed by atoms with Crippen LogP contribution in [0.5, 0.6) is 0 Å². The molecule has 5 heteroatoms. The summed E-state index contributed by atoms with van der Waals surface area (Å²) in [7, 11) is 0. The minimum absolute atomic E-state index is 0.264. The molecule has 108 valence electrons. The first-order chi connectivity index (χ1) is 8.99. The first-order valence-corrected chi connectivity index (χ1v) is 6.95. The van der Waals surface area contributed by atoms with Crippen LogP contribution < -0.4 is 5.32 Å². The largest absolute Gasteiger partial charge is 0.481 e. The molecule has 0 spiro atoms. The van der Waals surface area contributed by atoms with E-state index in [-0.39, 0.29) is 6.42 Å². The molecule has 0 fully saturated rings. The standard InChI is InChI=1S/C14H25N3O2/c1-11(2)17-9-7-13(16-17)10-15-8-6-12(3)4-5-14(18)19/h7,9,11-12,15H,4-6,8,10H2,1-3H3,(H,18,19). The zero-order chi connectivity index (χ0) is 14.3. The molecule has 19 heavy (non-hydrogen) atoms. The molecule has 1 unspecified atom stereocenters. The molecule has 1 atom stereocenters. The molecule has 0 aromatic carbocycles. The minimum atomic E-state index is -0.709. The van der Waals surface area contributed by atoms with E-state index in [1.54, 1.807) is 0 Å². The molecule has 1 aromatic heterocycles. The van der Waals surface area contributed by atoms with Crippen molar-refractivity contribution in [3.8, 4) is 0 Å². The fourth-order valence-electron chi connectivity index (χ4n) is 1.84. The Balaban J connectivity index is 2.14. The van der Waals surface area contributed by atoms with E-state index >= 15 is 0 Å². The number of rotatable bonds is 9. The van der Waals surface area contributed by atoms with Crippen molar-refractivity contribution in [1.82, 2.24) is 15.1 Å². The van der Waals surface area contributed by atoms with E-state index in [4.69, 9.17) is 5.11 Å². The number of aliphatic carboxylic acids is 1. The van der Waals surface area contributed by atoms with Gasteiger partial charge in [-0.05, 0) is 45.2 Å². The van der Waals surface area contributed by atoms with Gasteiger partial charge in [-0.2, -0.15) is 5.10 Å². The molecule has 5 nitrogen and oxygen atoms in total. The van der Waals surface area contributed by atoms with E-state index in [2.05, 4.69) is 31.2 Å². The Hall–Kier alpha value is -1.36. The lowest BCUT2D eigenvalue weighted by atomic mass is 10.0. The van der Waals surface area contributed by atoms with Gasteiger partial charge in [0.05, 0.1) is 5.69 Å². The number of hydrogen-bond acceptors (Lipinski definition) is 3. The first kappa shape index (κ1) is 15.7. The number of carboxylic acid groups (broad SMARTS) is 1. The minimum Gasteiger partial charge on any atom is -0.481 e. The normalized spacial score (nSPS) is 12.8. The highest BCUT2D eigenvalue weighted by Crippen LogP contribution is 2.09. The van der Waals surface area contributed by atoms with E-state index < -0.39 is 5.97 Å². The predicted molar refractivity (Wildman–Crippen MR) is 75.0 cm³/mol. The Labute approximate surface area is 115 Å². The first-order valence-electron chi connectivity index (χ1n) is 6.95. The van der Waals surface area contributed by atoms with Gasteiger partial charge in [-0.3, -0.25) is 9.48 Å². The molecule has 0 bridgehead atoms. The number of aromatic nitrogens is 2. The fourth-order valence-corrected chi connectivity index (χ4v) is 1.84. The Morgan fingerprint density at radius 3 is 2.74 bits per heavy atom. The van der Waals surface area contributed by atoms with Gasteiger partial charge in [0.15, 0.2) is 0 Å². The maximum absolute atomic E-state index is 10.4. The van der Waals surface area contributed by atoms with E-state index in [9.17, 15) is 4.79 Å². The molecule has 0 aliphatic carbocycles. The molecule has 0 saturated carbocycles. The maximum atomic E-state index is 10.4. The van der Waals surface area contributed by atoms with Crippen molar-refractivity contribution < 1.29 is 9.90 Å². The van der Waals surface area contributed by atoms with Gasteiger partial charge in [0.25, 0.3) is 0 Å². The van der Waals surface area contributed by atoms with Crippen LogP contribution >= 0.6 is 0 Å². The van der Waals surface area contributed by atoms with Crippen LogP contribution in [0.25, 0.3) is 0 Å². The lowest BCUT2D eigenvalue weighted by Gasteiger charge is -2.10. The van der Waals surface area contributed by atoms with E-state index in [0.717, 1.165) is 31.6 Å². The van der Waals surface area contributed by atoms with Crippen molar-refractivity contribution in [2.24, 2.45) is 5.92 Å². The fraction of sp³-hybridized carbons (Fsp3) is 0.714. The second-order valence-corrected chi connectivity index (χ2v) is 5.38. The van der Waals surface area contributed by atoms with Crippen molar-refractivity contribution in [2.45, 2.75) is 52.6 Å². The third-order valence-corrected chi connectivity index (χ3v) is 3.16. The second kappa shape index (κ2) is 7.94. The summed E-state index contributed by atoms with van der Waals surface area (Å²) in [5.74, 6) is -0.268. The van der Waals surface area contributed by atoms with Crippen LogP contribution in [-0.4, -0.2) is 27.4 Å². The third kappa shape index (κ3) is 6.38. The molecule has 1 rings (SSSR count). The van der Waals surface area contributed by atoms with Crippen molar-refractivity contribution in [1.29, 1.82) is 0 Å². The lowest BCUT2D eigenvalue weighted by Crippen LogP contribution is -2.18. The summed E-state index contributed by atoms with van der Waals surface area (Å²) >= 11 is 0. The SMILES string of the molecule is CC(CCNCc1ccn(C(C)C)n1)CCC(=O)O. The topological polar surface area (TPSA) is 67.2 Å². The number of carbonyl (C=O) groups is 1. The molecule has 2 N–H and O–H groups in total. The summed E-state index contributed by atoms with van der Waals surface area (Å²) in [6.07, 6.45) is 4.01. The average Bonchev–Trinajstić information content (AvgIpc) is 2.81. The van der Waals surface area contributed by atoms with Crippen LogP contribution in [-0.2, 0) is 11.3 Å². The zero-order valence-corrected chi connectivity index (χ0v) is 12.1. The molecule has 0 aliphatic heterocycles. The number of nitrogens with one attached hydrogen (secondary N) is 1. The zero-order valence-electron chi connectivity index (χ0n) is 12.1. The highest BCUT2D eigenvalue weighted by Gasteiger charge is 2.06. The van der Waals surface area contributed by atoms with E-state index in [1.807, 2.05) is 16.9 Å². The van der Waals surface area contributed by atoms with E-state index in [1.165, 1.54) is 0 Å². The van der Waals surface area contributed by atoms with Gasteiger partial charge in [-0.15, -0.1) is 0 Å². The lowest BCUT2D eigenvalue weighted by molar-refractivity contribution is -0.137. The van der Waals surface area contributed by atoms with Crippen LogP contribution in [0, 0.1) is 5.92 Å². The van der Waals surface area contributed by atoms with Crippen LogP contribution in [0.15, 0.2) is 12.3 Å². The van der Waals surface area contributed by atoms with Crippen molar-refractivity contribution in [2.75, 3.05) is 6.54 Å². The van der Waals surface area contributed by atoms with Crippen molar-refractivity contribution in [3.63, 3.8) is 0 Å². The molecule has 1 aromatic rings. The molecular formula is C14H25N3O2. The molecule has 0 saturated heterocycles. The quantitative estimate of drug-likeness (QED) is 0.674. The monoisotopic (exact) mass is 267 g/mol. The van der Waals surface area contributed by atoms with Gasteiger partial charge < -0.3 is 10.4 Å². The Kier molecular flexibility index (Phi) is 6.56. The summed E-state index contributed by atoms with van der Waals surface area (Å²) in [6.45, 7) is 7.97. The third-order valence-electron chi connectivity index (χ3n) is 3.16. The van der Waals surface area contributed by atoms with Gasteiger partial charge in [0.2, 0.25) is 0 Å². The predicted octanol–water partition coefficient (Wildman–Crippen LogP) is 2.44. The van der Waals surface area contributed by atoms with Crippen LogP contribution in [0.2, 0.25) is 0 Å². The van der Waals surface area contributed by atoms with Crippen LogP contribution in [0.3, 0.4) is 0 Å². The highest BCUT2D eigenvalue weighted by molar-refractivity contribution is 5.66. The second-order valence-electron chi connectivity index (χ2n) is 5.38. The Morgan fingerprint density at radius 1 is 1.42 bits per heavy atom. The maximum Gasteiger partial charge on any atom is 0.303 e. The van der Waals surface area contributed by atoms with Crippen LogP contribution in [0.4, 0.5) is 0 Å². The van der Waals surface area contributed by atoms with Gasteiger partial charge in [0.1, 0.15) is 0 Å².